The molecule has 6 N–H and O–H groups in total. The van der Waals surface area contributed by atoms with Crippen LogP contribution in [0.5, 0.6) is 0 Å². The summed E-state index contributed by atoms with van der Waals surface area (Å²) in [5.74, 6) is 1.24. The number of alkyl halides is 1. The fourth-order valence-electron chi connectivity index (χ4n) is 9.75. The molecule has 3 saturated heterocycles. The predicted molar refractivity (Wildman–Crippen MR) is 271 cm³/mol. The van der Waals surface area contributed by atoms with E-state index in [1.807, 2.05) is 48.7 Å². The first kappa shape index (κ1) is 57.2. The van der Waals surface area contributed by atoms with E-state index in [4.69, 9.17) is 33.0 Å². The predicted octanol–water partition coefficient (Wildman–Crippen LogP) is 6.12. The Labute approximate surface area is 441 Å². The van der Waals surface area contributed by atoms with Crippen molar-refractivity contribution in [3.8, 4) is 0 Å². The zero-order chi connectivity index (χ0) is 53.8. The molecule has 4 fully saturated rings. The monoisotopic (exact) mass is 1180 g/mol. The number of H-pyrrole nitrogens is 1. The van der Waals surface area contributed by atoms with Crippen LogP contribution in [0.4, 0.5) is 10.2 Å². The van der Waals surface area contributed by atoms with Crippen LogP contribution in [0.2, 0.25) is 0 Å². The van der Waals surface area contributed by atoms with E-state index in [9.17, 15) is 51.8 Å². The summed E-state index contributed by atoms with van der Waals surface area (Å²) in [5, 5.41) is 3.69. The minimum absolute atomic E-state index is 0.120. The molecule has 414 valence electrons. The number of rotatable bonds is 26. The van der Waals surface area contributed by atoms with E-state index in [-0.39, 0.29) is 24.2 Å². The minimum Gasteiger partial charge on any atom is -0.367 e. The number of ether oxygens (including phenoxy) is 4. The molecular formula is C43H54FN7O19P4S2. The Morgan fingerprint density at radius 3 is 2.03 bits per heavy atom. The molecule has 6 heterocycles. The molecule has 5 aromatic rings. The largest absolute Gasteiger partial charge is 0.490 e. The number of hydrogen-bond donors (Lipinski definition) is 6. The van der Waals surface area contributed by atoms with Crippen LogP contribution in [-0.4, -0.2) is 124 Å². The zero-order valence-electron chi connectivity index (χ0n) is 40.2. The molecule has 2 aromatic carbocycles. The van der Waals surface area contributed by atoms with Crippen molar-refractivity contribution in [3.63, 3.8) is 0 Å². The van der Waals surface area contributed by atoms with Gasteiger partial charge in [0.2, 0.25) is 0 Å². The number of anilines is 1. The molecule has 3 aromatic heterocycles. The van der Waals surface area contributed by atoms with Gasteiger partial charge in [-0.3, -0.25) is 32.4 Å². The van der Waals surface area contributed by atoms with E-state index >= 15 is 0 Å². The van der Waals surface area contributed by atoms with Crippen LogP contribution >= 0.6 is 54.8 Å². The van der Waals surface area contributed by atoms with Crippen LogP contribution in [0.1, 0.15) is 42.8 Å². The van der Waals surface area contributed by atoms with Crippen LogP contribution in [-0.2, 0) is 72.0 Å². The van der Waals surface area contributed by atoms with E-state index in [1.54, 1.807) is 40.9 Å². The van der Waals surface area contributed by atoms with Gasteiger partial charge < -0.3 is 43.8 Å². The van der Waals surface area contributed by atoms with Gasteiger partial charge in [0.1, 0.15) is 24.5 Å². The average Bonchev–Trinajstić information content (AvgIpc) is 4.22. The maximum absolute atomic E-state index is 13.3. The van der Waals surface area contributed by atoms with Gasteiger partial charge in [-0.25, -0.2) is 38.0 Å². The Morgan fingerprint density at radius 1 is 0.750 bits per heavy atom. The van der Waals surface area contributed by atoms with Gasteiger partial charge in [-0.2, -0.15) is 24.7 Å². The fraction of sp³-hybridized carbons (Fsp3) is 0.512. The lowest BCUT2D eigenvalue weighted by Crippen LogP contribution is -2.36. The molecule has 6 unspecified atom stereocenters. The molecule has 9 rings (SSSR count). The Kier molecular flexibility index (Phi) is 18.4. The highest BCUT2D eigenvalue weighted by molar-refractivity contribution is 7.99. The zero-order valence-corrected chi connectivity index (χ0v) is 45.4. The molecule has 4 aliphatic rings. The normalized spacial score (nSPS) is 28.3. The van der Waals surface area contributed by atoms with Crippen molar-refractivity contribution in [1.82, 2.24) is 29.1 Å². The molecule has 26 nitrogen and oxygen atoms in total. The summed E-state index contributed by atoms with van der Waals surface area (Å²) < 4.78 is 116. The summed E-state index contributed by atoms with van der Waals surface area (Å²) in [5.41, 5.74) is 1.19. The van der Waals surface area contributed by atoms with Gasteiger partial charge in [0.05, 0.1) is 32.3 Å². The standard InChI is InChI=1S/C43H54FN7O19P4S2/c1-75-18-15-45-38-35-39(49-42(48-38)76-17-8-14-44)51(25-46-35)40-30-21-28(19-26-9-4-2-5-10-26)20-29(30)31(64-40)23-62-71(54,55)68-73(58,59)70-74(60,61)69-72(56,57)63-24-32-36-37(41(65-32)50-16-13-33(52)47-43(50)53)67-34(66-36)22-27-11-6-3-7-12-27/h2-7,9-13,16,25,28-32,34,36-37,40-41H,8,14-15,17-24H2,1H3,(H,54,55)(H,56,57)(H,58,59)(H,60,61)(H,45,48,49)(H,47,52,53)/t28?,29-,30+,31+,32+,34?,36+,37+,40+,41+/m0/s1. The molecule has 1 aliphatic carbocycles. The third-order valence-electron chi connectivity index (χ3n) is 12.8. The van der Waals surface area contributed by atoms with Gasteiger partial charge in [0, 0.05) is 42.7 Å². The summed E-state index contributed by atoms with van der Waals surface area (Å²) >= 11 is 2.92. The van der Waals surface area contributed by atoms with E-state index in [0.717, 1.165) is 33.7 Å². The highest BCUT2D eigenvalue weighted by Crippen LogP contribution is 2.72. The van der Waals surface area contributed by atoms with Crippen molar-refractivity contribution in [2.24, 2.45) is 17.8 Å². The average molecular weight is 1180 g/mol. The van der Waals surface area contributed by atoms with Gasteiger partial charge in [-0.05, 0) is 54.9 Å². The van der Waals surface area contributed by atoms with Crippen LogP contribution in [0, 0.1) is 17.8 Å². The Hall–Kier alpha value is -3.50. The first-order chi connectivity index (χ1) is 36.3. The first-order valence-corrected chi connectivity index (χ1v) is 32.1. The number of fused-ring (bicyclic) bond motifs is 3. The third-order valence-corrected chi connectivity index (χ3v) is 20.2. The lowest BCUT2D eigenvalue weighted by atomic mass is 9.93. The van der Waals surface area contributed by atoms with Crippen LogP contribution < -0.4 is 16.6 Å². The van der Waals surface area contributed by atoms with Crippen molar-refractivity contribution in [2.75, 3.05) is 49.5 Å². The topological polar surface area (TPSA) is 343 Å². The highest BCUT2D eigenvalue weighted by Gasteiger charge is 2.56. The van der Waals surface area contributed by atoms with Crippen LogP contribution in [0.3, 0.4) is 0 Å². The molecule has 3 aliphatic heterocycles. The van der Waals surface area contributed by atoms with E-state index in [0.29, 0.717) is 60.1 Å². The second-order valence-electron chi connectivity index (χ2n) is 18.0. The number of benzene rings is 2. The smallest absolute Gasteiger partial charge is 0.367 e. The van der Waals surface area contributed by atoms with Gasteiger partial charge in [0.25, 0.3) is 5.56 Å². The number of aromatic nitrogens is 6. The third kappa shape index (κ3) is 14.3. The number of aromatic amines is 1. The minimum atomic E-state index is -6.20. The van der Waals surface area contributed by atoms with Crippen molar-refractivity contribution in [1.29, 1.82) is 0 Å². The van der Waals surface area contributed by atoms with Crippen molar-refractivity contribution in [3.05, 3.63) is 111 Å². The Balaban J connectivity index is 0.848. The number of hydrogen-bond acceptors (Lipinski definition) is 21. The highest BCUT2D eigenvalue weighted by atomic mass is 32.2. The van der Waals surface area contributed by atoms with Crippen LogP contribution in [0.15, 0.2) is 94.0 Å². The molecule has 33 heteroatoms. The number of halogens is 1. The molecule has 14 atom stereocenters. The second-order valence-corrected chi connectivity index (χ2v) is 26.3. The lowest BCUT2D eigenvalue weighted by Gasteiger charge is -2.23. The van der Waals surface area contributed by atoms with Gasteiger partial charge in [0.15, 0.2) is 34.7 Å². The molecule has 0 spiro atoms. The molecule has 0 radical (unpaired) electrons. The van der Waals surface area contributed by atoms with Crippen LogP contribution in [0.25, 0.3) is 11.2 Å². The van der Waals surface area contributed by atoms with Crippen molar-refractivity contribution >= 4 is 71.8 Å². The molecule has 0 bridgehead atoms. The van der Waals surface area contributed by atoms with E-state index in [2.05, 4.69) is 33.2 Å². The van der Waals surface area contributed by atoms with Crippen molar-refractivity contribution < 1.29 is 83.2 Å². The summed E-state index contributed by atoms with van der Waals surface area (Å²) in [7, 11) is -23.9. The fourth-order valence-corrected chi connectivity index (χ4v) is 15.8. The number of phosphoric acid groups is 4. The number of imidazole rings is 1. The van der Waals surface area contributed by atoms with E-state index in [1.165, 1.54) is 11.8 Å². The molecular weight excluding hydrogens is 1130 g/mol. The number of nitrogens with zero attached hydrogens (tertiary/aromatic N) is 5. The summed E-state index contributed by atoms with van der Waals surface area (Å²) in [6, 6.07) is 19.9. The quantitative estimate of drug-likeness (QED) is 0.0157. The second kappa shape index (κ2) is 24.5. The summed E-state index contributed by atoms with van der Waals surface area (Å²) in [6.45, 7) is -1.58. The van der Waals surface area contributed by atoms with Gasteiger partial charge in [-0.15, -0.1) is 0 Å². The maximum atomic E-state index is 13.3. The SMILES string of the molecule is CSCCNc1nc(SCCCF)nc2c1ncn2[C@@H]1O[C@H](COP(=O)(O)OP(=O)(O)OP(=O)(O)OP(=O)(O)OC[C@H]2O[C@@H](n3ccc(=O)[nH]c3=O)[C@@H]3OC(Cc4ccccc4)O[C@@H]32)[C@H]2CC(Cc3ccccc3)C[C@H]21. The Morgan fingerprint density at radius 2 is 1.37 bits per heavy atom. The summed E-state index contributed by atoms with van der Waals surface area (Å²) in [6.07, 6.45) is -0.282. The Bertz CT molecular complexity index is 3140. The number of thioether (sulfide) groups is 2. The number of nitrogens with one attached hydrogen (secondary N) is 2. The molecule has 76 heavy (non-hydrogen) atoms. The van der Waals surface area contributed by atoms with E-state index < -0.39 is 106 Å². The van der Waals surface area contributed by atoms with Gasteiger partial charge >= 0.3 is 37.0 Å². The van der Waals surface area contributed by atoms with Gasteiger partial charge in [-0.1, -0.05) is 72.4 Å². The first-order valence-electron chi connectivity index (χ1n) is 23.7. The molecule has 1 saturated carbocycles. The lowest BCUT2D eigenvalue weighted by molar-refractivity contribution is -0.150. The maximum Gasteiger partial charge on any atom is 0.490 e. The summed E-state index contributed by atoms with van der Waals surface area (Å²) in [4.78, 5) is 82.8. The van der Waals surface area contributed by atoms with Crippen molar-refractivity contribution in [2.45, 2.75) is 80.4 Å². The number of phosphoric ester groups is 2. The molecule has 0 amide bonds.